The van der Waals surface area contributed by atoms with Gasteiger partial charge in [-0.15, -0.1) is 0 Å². The second-order valence-corrected chi connectivity index (χ2v) is 7.32. The molecule has 2 heterocycles. The second kappa shape index (κ2) is 7.97. The largest absolute Gasteiger partial charge is 0.368 e. The van der Waals surface area contributed by atoms with E-state index in [1.807, 2.05) is 0 Å². The lowest BCUT2D eigenvalue weighted by Crippen LogP contribution is -2.42. The van der Waals surface area contributed by atoms with Gasteiger partial charge in [0.1, 0.15) is 6.10 Å². The Morgan fingerprint density at radius 2 is 2.12 bits per heavy atom. The smallest absolute Gasteiger partial charge is 0.253 e. The first-order valence-electron chi connectivity index (χ1n) is 9.07. The maximum Gasteiger partial charge on any atom is 0.253 e. The van der Waals surface area contributed by atoms with E-state index in [-0.39, 0.29) is 23.3 Å². The van der Waals surface area contributed by atoms with Crippen molar-refractivity contribution in [2.24, 2.45) is 5.41 Å². The highest BCUT2D eigenvalue weighted by atomic mass is 16.5. The first-order valence-corrected chi connectivity index (χ1v) is 9.07. The van der Waals surface area contributed by atoms with Crippen LogP contribution in [0.3, 0.4) is 0 Å². The summed E-state index contributed by atoms with van der Waals surface area (Å²) in [7, 11) is 0. The standard InChI is InChI=1S/C19H27N3O3/c1-19(7-9-20-10-8-19)13-21-17(23)14-4-2-5-15(12-14)22-18(24)16-6-3-11-25-16/h2,4-5,12,16,20H,3,6-11,13H2,1H3,(H,21,23)(H,22,24). The van der Waals surface area contributed by atoms with Crippen LogP contribution in [0.1, 0.15) is 43.0 Å². The molecule has 3 rings (SSSR count). The van der Waals surface area contributed by atoms with Crippen molar-refractivity contribution in [1.29, 1.82) is 0 Å². The monoisotopic (exact) mass is 345 g/mol. The first-order chi connectivity index (χ1) is 12.1. The van der Waals surface area contributed by atoms with E-state index < -0.39 is 0 Å². The molecule has 6 nitrogen and oxygen atoms in total. The Balaban J connectivity index is 1.56. The lowest BCUT2D eigenvalue weighted by atomic mass is 9.81. The maximum atomic E-state index is 12.5. The molecule has 136 valence electrons. The quantitative estimate of drug-likeness (QED) is 0.762. The van der Waals surface area contributed by atoms with Gasteiger partial charge < -0.3 is 20.7 Å². The lowest BCUT2D eigenvalue weighted by molar-refractivity contribution is -0.124. The molecule has 6 heteroatoms. The number of piperidine rings is 1. The van der Waals surface area contributed by atoms with Gasteiger partial charge in [0, 0.05) is 24.4 Å². The van der Waals surface area contributed by atoms with E-state index in [0.29, 0.717) is 24.4 Å². The number of rotatable bonds is 5. The fourth-order valence-corrected chi connectivity index (χ4v) is 3.35. The number of benzene rings is 1. The van der Waals surface area contributed by atoms with Crippen molar-refractivity contribution >= 4 is 17.5 Å². The minimum absolute atomic E-state index is 0.104. The predicted octanol–water partition coefficient (Wildman–Crippen LogP) is 1.92. The third-order valence-corrected chi connectivity index (χ3v) is 5.10. The van der Waals surface area contributed by atoms with Crippen LogP contribution in [0.4, 0.5) is 5.69 Å². The molecule has 0 aromatic heterocycles. The van der Waals surface area contributed by atoms with E-state index in [9.17, 15) is 9.59 Å². The van der Waals surface area contributed by atoms with Crippen molar-refractivity contribution < 1.29 is 14.3 Å². The van der Waals surface area contributed by atoms with Crippen LogP contribution in [0, 0.1) is 5.41 Å². The van der Waals surface area contributed by atoms with E-state index in [1.54, 1.807) is 24.3 Å². The zero-order chi connectivity index (χ0) is 17.7. The van der Waals surface area contributed by atoms with Crippen molar-refractivity contribution in [2.75, 3.05) is 31.6 Å². The third-order valence-electron chi connectivity index (χ3n) is 5.10. The van der Waals surface area contributed by atoms with Crippen LogP contribution in [0.15, 0.2) is 24.3 Å². The molecule has 0 saturated carbocycles. The summed E-state index contributed by atoms with van der Waals surface area (Å²) < 4.78 is 5.39. The minimum Gasteiger partial charge on any atom is -0.368 e. The van der Waals surface area contributed by atoms with Crippen molar-refractivity contribution in [3.8, 4) is 0 Å². The van der Waals surface area contributed by atoms with Gasteiger partial charge >= 0.3 is 0 Å². The van der Waals surface area contributed by atoms with Crippen LogP contribution in [-0.4, -0.2) is 44.2 Å². The van der Waals surface area contributed by atoms with Crippen molar-refractivity contribution in [1.82, 2.24) is 10.6 Å². The molecule has 2 fully saturated rings. The van der Waals surface area contributed by atoms with Crippen LogP contribution in [-0.2, 0) is 9.53 Å². The van der Waals surface area contributed by atoms with Gasteiger partial charge in [0.05, 0.1) is 0 Å². The van der Waals surface area contributed by atoms with Crippen molar-refractivity contribution in [2.45, 2.75) is 38.7 Å². The molecule has 1 atom stereocenters. The molecule has 2 amide bonds. The Morgan fingerprint density at radius 1 is 1.32 bits per heavy atom. The molecule has 2 aliphatic rings. The summed E-state index contributed by atoms with van der Waals surface area (Å²) in [6, 6.07) is 7.05. The number of carbonyl (C=O) groups is 2. The highest BCUT2D eigenvalue weighted by Crippen LogP contribution is 2.26. The number of nitrogens with one attached hydrogen (secondary N) is 3. The zero-order valence-corrected chi connectivity index (χ0v) is 14.8. The highest BCUT2D eigenvalue weighted by molar-refractivity contribution is 5.98. The Bertz CT molecular complexity index is 620. The Hall–Kier alpha value is -1.92. The molecule has 3 N–H and O–H groups in total. The lowest BCUT2D eigenvalue weighted by Gasteiger charge is -2.34. The number of hydrogen-bond donors (Lipinski definition) is 3. The van der Waals surface area contributed by atoms with Gasteiger partial charge in [-0.3, -0.25) is 9.59 Å². The van der Waals surface area contributed by atoms with Crippen LogP contribution >= 0.6 is 0 Å². The fourth-order valence-electron chi connectivity index (χ4n) is 3.35. The predicted molar refractivity (Wildman–Crippen MR) is 96.6 cm³/mol. The van der Waals surface area contributed by atoms with Crippen LogP contribution < -0.4 is 16.0 Å². The van der Waals surface area contributed by atoms with E-state index in [1.165, 1.54) is 0 Å². The number of hydrogen-bond acceptors (Lipinski definition) is 4. The number of amides is 2. The molecule has 0 bridgehead atoms. The van der Waals surface area contributed by atoms with Gasteiger partial charge in [0.2, 0.25) is 0 Å². The van der Waals surface area contributed by atoms with Gasteiger partial charge in [0.15, 0.2) is 0 Å². The molecule has 25 heavy (non-hydrogen) atoms. The van der Waals surface area contributed by atoms with E-state index in [4.69, 9.17) is 4.74 Å². The summed E-state index contributed by atoms with van der Waals surface area (Å²) in [5, 5.41) is 9.23. The van der Waals surface area contributed by atoms with Gasteiger partial charge in [-0.2, -0.15) is 0 Å². The molecule has 2 saturated heterocycles. The van der Waals surface area contributed by atoms with Gasteiger partial charge in [-0.1, -0.05) is 13.0 Å². The molecular formula is C19H27N3O3. The second-order valence-electron chi connectivity index (χ2n) is 7.32. The molecule has 2 aliphatic heterocycles. The summed E-state index contributed by atoms with van der Waals surface area (Å²) >= 11 is 0. The average molecular weight is 345 g/mol. The normalized spacial score (nSPS) is 22.4. The maximum absolute atomic E-state index is 12.5. The third kappa shape index (κ3) is 4.80. The molecule has 0 aliphatic carbocycles. The number of ether oxygens (including phenoxy) is 1. The van der Waals surface area contributed by atoms with Gasteiger partial charge in [0.25, 0.3) is 11.8 Å². The van der Waals surface area contributed by atoms with Crippen molar-refractivity contribution in [3.05, 3.63) is 29.8 Å². The summed E-state index contributed by atoms with van der Waals surface area (Å²) in [5.74, 6) is -0.245. The van der Waals surface area contributed by atoms with E-state index in [0.717, 1.165) is 38.8 Å². The number of anilines is 1. The first kappa shape index (κ1) is 17.9. The Morgan fingerprint density at radius 3 is 2.84 bits per heavy atom. The molecule has 0 spiro atoms. The molecule has 1 unspecified atom stereocenters. The molecule has 0 radical (unpaired) electrons. The topological polar surface area (TPSA) is 79.5 Å². The fraction of sp³-hybridized carbons (Fsp3) is 0.579. The van der Waals surface area contributed by atoms with Gasteiger partial charge in [-0.25, -0.2) is 0 Å². The SMILES string of the molecule is CC1(CNC(=O)c2cccc(NC(=O)C3CCCO3)c2)CCNCC1. The van der Waals surface area contributed by atoms with Crippen LogP contribution in [0.25, 0.3) is 0 Å². The zero-order valence-electron chi connectivity index (χ0n) is 14.8. The summed E-state index contributed by atoms with van der Waals surface area (Å²) in [6.07, 6.45) is 3.40. The van der Waals surface area contributed by atoms with E-state index in [2.05, 4.69) is 22.9 Å². The highest BCUT2D eigenvalue weighted by Gasteiger charge is 2.27. The average Bonchev–Trinajstić information content (AvgIpc) is 3.15. The van der Waals surface area contributed by atoms with Crippen LogP contribution in [0.2, 0.25) is 0 Å². The summed E-state index contributed by atoms with van der Waals surface area (Å²) in [4.78, 5) is 24.6. The minimum atomic E-state index is -0.377. The Kier molecular flexibility index (Phi) is 5.71. The van der Waals surface area contributed by atoms with Crippen molar-refractivity contribution in [3.63, 3.8) is 0 Å². The molecule has 1 aromatic rings. The van der Waals surface area contributed by atoms with Gasteiger partial charge in [-0.05, 0) is 62.4 Å². The number of carbonyl (C=O) groups excluding carboxylic acids is 2. The molecule has 1 aromatic carbocycles. The van der Waals surface area contributed by atoms with Crippen LogP contribution in [0.5, 0.6) is 0 Å². The molecular weight excluding hydrogens is 318 g/mol. The summed E-state index contributed by atoms with van der Waals surface area (Å²) in [6.45, 7) is 5.51. The summed E-state index contributed by atoms with van der Waals surface area (Å²) in [5.41, 5.74) is 1.33. The van der Waals surface area contributed by atoms with E-state index >= 15 is 0 Å². The Labute approximate surface area is 148 Å².